The smallest absolute Gasteiger partial charge is 0.134 e. The molecule has 0 amide bonds. The highest BCUT2D eigenvalue weighted by atomic mass is 19.1. The van der Waals surface area contributed by atoms with E-state index in [1.807, 2.05) is 30.3 Å². The van der Waals surface area contributed by atoms with E-state index in [2.05, 4.69) is 6.92 Å². The molecule has 1 unspecified atom stereocenters. The van der Waals surface area contributed by atoms with Crippen LogP contribution in [0.15, 0.2) is 66.7 Å². The molecule has 0 N–H and O–H groups in total. The van der Waals surface area contributed by atoms with Crippen molar-refractivity contribution in [2.24, 2.45) is 17.8 Å². The first kappa shape index (κ1) is 22.1. The van der Waals surface area contributed by atoms with Crippen LogP contribution >= 0.6 is 0 Å². The summed E-state index contributed by atoms with van der Waals surface area (Å²) >= 11 is 0. The number of halogens is 2. The molecule has 0 radical (unpaired) electrons. The molecule has 0 bridgehead atoms. The summed E-state index contributed by atoms with van der Waals surface area (Å²) in [4.78, 5) is 0. The molecule has 3 aromatic rings. The van der Waals surface area contributed by atoms with E-state index in [0.29, 0.717) is 23.8 Å². The molecule has 4 atom stereocenters. The molecule has 2 fully saturated rings. The molecular weight excluding hydrogens is 414 g/mol. The van der Waals surface area contributed by atoms with Crippen LogP contribution < -0.4 is 4.74 Å². The van der Waals surface area contributed by atoms with Gasteiger partial charge in [0.05, 0.1) is 5.56 Å². The van der Waals surface area contributed by atoms with Crippen LogP contribution in [0.4, 0.5) is 8.78 Å². The van der Waals surface area contributed by atoms with E-state index in [1.54, 1.807) is 36.4 Å². The fourth-order valence-electron chi connectivity index (χ4n) is 5.99. The highest BCUT2D eigenvalue weighted by Gasteiger charge is 2.35. The third-order valence-electron chi connectivity index (χ3n) is 7.80. The summed E-state index contributed by atoms with van der Waals surface area (Å²) in [5.74, 6) is 2.36. The Hall–Kier alpha value is -2.68. The van der Waals surface area contributed by atoms with Gasteiger partial charge in [0.1, 0.15) is 24.0 Å². The summed E-state index contributed by atoms with van der Waals surface area (Å²) in [6.45, 7) is 2.81. The van der Waals surface area contributed by atoms with Gasteiger partial charge >= 0.3 is 0 Å². The largest absolute Gasteiger partial charge is 0.489 e. The third kappa shape index (κ3) is 4.98. The van der Waals surface area contributed by atoms with Gasteiger partial charge in [-0.1, -0.05) is 55.8 Å². The van der Waals surface area contributed by atoms with Crippen LogP contribution in [0.5, 0.6) is 5.75 Å². The van der Waals surface area contributed by atoms with Crippen LogP contribution in [0.25, 0.3) is 11.1 Å². The molecule has 172 valence electrons. The lowest BCUT2D eigenvalue weighted by atomic mass is 9.64. The zero-order valence-electron chi connectivity index (χ0n) is 19.3. The minimum absolute atomic E-state index is 0.0496. The van der Waals surface area contributed by atoms with Crippen molar-refractivity contribution in [3.8, 4) is 16.9 Å². The second-order valence-electron chi connectivity index (χ2n) is 10.1. The minimum Gasteiger partial charge on any atom is -0.489 e. The topological polar surface area (TPSA) is 9.23 Å². The summed E-state index contributed by atoms with van der Waals surface area (Å²) in [6.07, 6.45) is 7.19. The van der Waals surface area contributed by atoms with Crippen molar-refractivity contribution in [1.82, 2.24) is 0 Å². The van der Waals surface area contributed by atoms with Gasteiger partial charge < -0.3 is 4.74 Å². The second kappa shape index (κ2) is 9.67. The molecule has 1 nitrogen and oxygen atoms in total. The Morgan fingerprint density at radius 1 is 0.788 bits per heavy atom. The molecule has 0 spiro atoms. The van der Waals surface area contributed by atoms with Crippen molar-refractivity contribution < 1.29 is 13.5 Å². The normalized spacial score (nSPS) is 24.8. The van der Waals surface area contributed by atoms with Crippen molar-refractivity contribution in [2.45, 2.75) is 58.0 Å². The summed E-state index contributed by atoms with van der Waals surface area (Å²) in [5, 5.41) is 0. The fourth-order valence-corrected chi connectivity index (χ4v) is 5.99. The fraction of sp³-hybridized carbons (Fsp3) is 0.400. The Labute approximate surface area is 195 Å². The summed E-state index contributed by atoms with van der Waals surface area (Å²) in [5.41, 5.74) is 2.49. The van der Waals surface area contributed by atoms with E-state index in [0.717, 1.165) is 35.8 Å². The van der Waals surface area contributed by atoms with Gasteiger partial charge in [0.15, 0.2) is 0 Å². The first-order chi connectivity index (χ1) is 16.1. The van der Waals surface area contributed by atoms with E-state index in [4.69, 9.17) is 4.74 Å². The lowest BCUT2D eigenvalue weighted by Gasteiger charge is -2.41. The van der Waals surface area contributed by atoms with Gasteiger partial charge in [0.2, 0.25) is 0 Å². The molecule has 0 heterocycles. The number of rotatable bonds is 5. The standard InChI is InChI=1S/C30H32F2O/c1-20-7-8-24-16-25(10-9-23(24)15-20)26-17-28(31)30(29(32)18-26)22-11-13-27(14-12-22)33-19-21-5-3-2-4-6-21/h2-6,11-14,17-18,20,23-25H,7-10,15-16,19H2,1H3/t20?,23-,24-,25-/m1/s1. The number of ether oxygens (including phenoxy) is 1. The SMILES string of the molecule is CC1CC[C@@H]2C[C@H](c3cc(F)c(-c4ccc(OCc5ccccc5)cc4)c(F)c3)CC[C@@H]2C1. The maximum atomic E-state index is 15.1. The van der Waals surface area contributed by atoms with E-state index in [-0.39, 0.29) is 11.5 Å². The lowest BCUT2D eigenvalue weighted by Crippen LogP contribution is -2.29. The maximum Gasteiger partial charge on any atom is 0.134 e. The van der Waals surface area contributed by atoms with Gasteiger partial charge in [0.25, 0.3) is 0 Å². The van der Waals surface area contributed by atoms with Crippen LogP contribution in [0.1, 0.15) is 62.5 Å². The Kier molecular flexibility index (Phi) is 6.48. The molecule has 5 rings (SSSR count). The predicted octanol–water partition coefficient (Wildman–Crippen LogP) is 8.53. The Morgan fingerprint density at radius 3 is 2.18 bits per heavy atom. The summed E-state index contributed by atoms with van der Waals surface area (Å²) in [7, 11) is 0. The van der Waals surface area contributed by atoms with Crippen LogP contribution in [0.2, 0.25) is 0 Å². The molecule has 2 aliphatic rings. The van der Waals surface area contributed by atoms with E-state index >= 15 is 8.78 Å². The van der Waals surface area contributed by atoms with E-state index in [9.17, 15) is 0 Å². The van der Waals surface area contributed by atoms with Crippen molar-refractivity contribution in [3.05, 3.63) is 89.5 Å². The molecule has 3 heteroatoms. The summed E-state index contributed by atoms with van der Waals surface area (Å²) in [6, 6.07) is 20.1. The van der Waals surface area contributed by atoms with E-state index in [1.165, 1.54) is 25.7 Å². The van der Waals surface area contributed by atoms with Gasteiger partial charge in [-0.25, -0.2) is 8.78 Å². The van der Waals surface area contributed by atoms with E-state index < -0.39 is 11.6 Å². The minimum atomic E-state index is -0.470. The zero-order chi connectivity index (χ0) is 22.8. The quantitative estimate of drug-likeness (QED) is 0.381. The molecule has 2 aliphatic carbocycles. The Bertz CT molecular complexity index is 1050. The molecule has 0 aromatic heterocycles. The number of hydrogen-bond donors (Lipinski definition) is 0. The van der Waals surface area contributed by atoms with Crippen molar-refractivity contribution in [1.29, 1.82) is 0 Å². The van der Waals surface area contributed by atoms with Crippen LogP contribution in [-0.4, -0.2) is 0 Å². The Balaban J connectivity index is 1.28. The molecule has 0 aliphatic heterocycles. The predicted molar refractivity (Wildman–Crippen MR) is 129 cm³/mol. The first-order valence-electron chi connectivity index (χ1n) is 12.3. The van der Waals surface area contributed by atoms with Gasteiger partial charge in [-0.2, -0.15) is 0 Å². The average Bonchev–Trinajstić information content (AvgIpc) is 2.83. The second-order valence-corrected chi connectivity index (χ2v) is 10.1. The molecule has 33 heavy (non-hydrogen) atoms. The van der Waals surface area contributed by atoms with Gasteiger partial charge in [-0.3, -0.25) is 0 Å². The molecule has 3 aromatic carbocycles. The van der Waals surface area contributed by atoms with Crippen molar-refractivity contribution in [3.63, 3.8) is 0 Å². The molecule has 0 saturated heterocycles. The molecular formula is C30H32F2O. The highest BCUT2D eigenvalue weighted by molar-refractivity contribution is 5.66. The lowest BCUT2D eigenvalue weighted by molar-refractivity contribution is 0.124. The third-order valence-corrected chi connectivity index (χ3v) is 7.80. The molecule has 2 saturated carbocycles. The number of fused-ring (bicyclic) bond motifs is 1. The highest BCUT2D eigenvalue weighted by Crippen LogP contribution is 2.48. The van der Waals surface area contributed by atoms with Gasteiger partial charge in [0, 0.05) is 0 Å². The van der Waals surface area contributed by atoms with Crippen LogP contribution in [0.3, 0.4) is 0 Å². The first-order valence-corrected chi connectivity index (χ1v) is 12.3. The zero-order valence-corrected chi connectivity index (χ0v) is 19.3. The van der Waals surface area contributed by atoms with Gasteiger partial charge in [-0.05, 0) is 96.7 Å². The summed E-state index contributed by atoms with van der Waals surface area (Å²) < 4.78 is 36.1. The van der Waals surface area contributed by atoms with Crippen molar-refractivity contribution in [2.75, 3.05) is 0 Å². The van der Waals surface area contributed by atoms with Crippen LogP contribution in [0, 0.1) is 29.4 Å². The van der Waals surface area contributed by atoms with Crippen molar-refractivity contribution >= 4 is 0 Å². The maximum absolute atomic E-state index is 15.1. The number of benzene rings is 3. The number of hydrogen-bond acceptors (Lipinski definition) is 1. The Morgan fingerprint density at radius 2 is 1.45 bits per heavy atom. The van der Waals surface area contributed by atoms with Gasteiger partial charge in [-0.15, -0.1) is 0 Å². The average molecular weight is 447 g/mol. The monoisotopic (exact) mass is 446 g/mol. The van der Waals surface area contributed by atoms with Crippen LogP contribution in [-0.2, 0) is 6.61 Å².